The van der Waals surface area contributed by atoms with E-state index in [0.717, 1.165) is 6.54 Å². The third-order valence-corrected chi connectivity index (χ3v) is 3.63. The second-order valence-corrected chi connectivity index (χ2v) is 5.53. The number of rotatable bonds is 8. The van der Waals surface area contributed by atoms with Gasteiger partial charge in [-0.05, 0) is 47.0 Å². The van der Waals surface area contributed by atoms with Gasteiger partial charge >= 0.3 is 0 Å². The monoisotopic (exact) mass is 297 g/mol. The van der Waals surface area contributed by atoms with Gasteiger partial charge in [-0.3, -0.25) is 0 Å². The number of unbranched alkanes of at least 4 members (excludes halogenated alkanes) is 5. The van der Waals surface area contributed by atoms with Gasteiger partial charge in [0.15, 0.2) is 0 Å². The third-order valence-electron chi connectivity index (χ3n) is 2.97. The first-order chi connectivity index (χ1) is 8.24. The molecule has 0 saturated carbocycles. The van der Waals surface area contributed by atoms with Crippen LogP contribution in [0.5, 0.6) is 0 Å². The molecule has 0 heterocycles. The van der Waals surface area contributed by atoms with Gasteiger partial charge < -0.3 is 5.32 Å². The van der Waals surface area contributed by atoms with Crippen LogP contribution in [0.4, 0.5) is 5.69 Å². The van der Waals surface area contributed by atoms with Gasteiger partial charge in [-0.2, -0.15) is 0 Å². The zero-order chi connectivity index (χ0) is 12.5. The first-order valence-electron chi connectivity index (χ1n) is 6.74. The second kappa shape index (κ2) is 8.57. The molecule has 0 spiro atoms. The Morgan fingerprint density at radius 1 is 1.06 bits per heavy atom. The summed E-state index contributed by atoms with van der Waals surface area (Å²) in [6, 6.07) is 6.45. The first kappa shape index (κ1) is 14.6. The van der Waals surface area contributed by atoms with E-state index in [-0.39, 0.29) is 0 Å². The molecule has 0 unspecified atom stereocenters. The van der Waals surface area contributed by atoms with Crippen LogP contribution in [-0.2, 0) is 0 Å². The molecular formula is C15H24BrN. The highest BCUT2D eigenvalue weighted by Crippen LogP contribution is 2.23. The van der Waals surface area contributed by atoms with Crippen molar-refractivity contribution in [2.45, 2.75) is 52.4 Å². The predicted molar refractivity (Wildman–Crippen MR) is 80.7 cm³/mol. The molecule has 1 nitrogen and oxygen atoms in total. The molecule has 0 amide bonds. The van der Waals surface area contributed by atoms with Crippen LogP contribution in [0.2, 0.25) is 0 Å². The number of nitrogens with one attached hydrogen (secondary N) is 1. The quantitative estimate of drug-likeness (QED) is 0.622. The Morgan fingerprint density at radius 2 is 1.76 bits per heavy atom. The van der Waals surface area contributed by atoms with Crippen LogP contribution in [0.3, 0.4) is 0 Å². The van der Waals surface area contributed by atoms with Crippen LogP contribution in [-0.4, -0.2) is 6.54 Å². The van der Waals surface area contributed by atoms with Crippen molar-refractivity contribution in [1.29, 1.82) is 0 Å². The Morgan fingerprint density at radius 3 is 2.47 bits per heavy atom. The van der Waals surface area contributed by atoms with Crippen molar-refractivity contribution >= 4 is 21.6 Å². The highest BCUT2D eigenvalue weighted by molar-refractivity contribution is 9.10. The summed E-state index contributed by atoms with van der Waals surface area (Å²) in [5.41, 5.74) is 2.51. The standard InChI is InChI=1S/C15H24BrN/c1-3-4-5-6-7-8-11-17-15-10-9-13(2)12-14(15)16/h9-10,12,17H,3-8,11H2,1-2H3. The van der Waals surface area contributed by atoms with E-state index in [2.05, 4.69) is 53.3 Å². The minimum absolute atomic E-state index is 1.08. The molecule has 1 rings (SSSR count). The summed E-state index contributed by atoms with van der Waals surface area (Å²) in [6.45, 7) is 5.45. The smallest absolute Gasteiger partial charge is 0.0484 e. The van der Waals surface area contributed by atoms with E-state index < -0.39 is 0 Å². The van der Waals surface area contributed by atoms with Gasteiger partial charge in [-0.25, -0.2) is 0 Å². The molecule has 0 saturated heterocycles. The van der Waals surface area contributed by atoms with Gasteiger partial charge in [0, 0.05) is 16.7 Å². The molecule has 1 aromatic carbocycles. The van der Waals surface area contributed by atoms with Crippen LogP contribution in [0.25, 0.3) is 0 Å². The van der Waals surface area contributed by atoms with Crippen molar-refractivity contribution in [2.24, 2.45) is 0 Å². The van der Waals surface area contributed by atoms with Crippen molar-refractivity contribution < 1.29 is 0 Å². The second-order valence-electron chi connectivity index (χ2n) is 4.68. The van der Waals surface area contributed by atoms with Gasteiger partial charge in [0.05, 0.1) is 0 Å². The lowest BCUT2D eigenvalue weighted by Crippen LogP contribution is -2.02. The lowest BCUT2D eigenvalue weighted by molar-refractivity contribution is 0.617. The largest absolute Gasteiger partial charge is 0.384 e. The lowest BCUT2D eigenvalue weighted by atomic mass is 10.1. The molecule has 0 bridgehead atoms. The Labute approximate surface area is 114 Å². The van der Waals surface area contributed by atoms with Crippen LogP contribution >= 0.6 is 15.9 Å². The Kier molecular flexibility index (Phi) is 7.34. The fourth-order valence-electron chi connectivity index (χ4n) is 1.89. The maximum Gasteiger partial charge on any atom is 0.0484 e. The zero-order valence-electron chi connectivity index (χ0n) is 11.1. The van der Waals surface area contributed by atoms with Crippen LogP contribution < -0.4 is 5.32 Å². The summed E-state index contributed by atoms with van der Waals surface area (Å²) in [5.74, 6) is 0. The fourth-order valence-corrected chi connectivity index (χ4v) is 2.53. The van der Waals surface area contributed by atoms with Gasteiger partial charge in [0.1, 0.15) is 0 Å². The zero-order valence-corrected chi connectivity index (χ0v) is 12.6. The molecule has 2 heteroatoms. The van der Waals surface area contributed by atoms with Crippen molar-refractivity contribution in [3.8, 4) is 0 Å². The summed E-state index contributed by atoms with van der Waals surface area (Å²) in [4.78, 5) is 0. The number of hydrogen-bond acceptors (Lipinski definition) is 1. The summed E-state index contributed by atoms with van der Waals surface area (Å²) in [7, 11) is 0. The summed E-state index contributed by atoms with van der Waals surface area (Å²) in [5, 5.41) is 3.48. The minimum Gasteiger partial charge on any atom is -0.384 e. The maximum atomic E-state index is 3.59. The van der Waals surface area contributed by atoms with E-state index in [4.69, 9.17) is 0 Å². The molecule has 1 aromatic rings. The van der Waals surface area contributed by atoms with Gasteiger partial charge in [-0.15, -0.1) is 0 Å². The molecule has 0 aliphatic carbocycles. The third kappa shape index (κ3) is 6.11. The minimum atomic E-state index is 1.08. The van der Waals surface area contributed by atoms with Crippen LogP contribution in [0.15, 0.2) is 22.7 Å². The first-order valence-corrected chi connectivity index (χ1v) is 7.53. The summed E-state index contributed by atoms with van der Waals surface area (Å²) < 4.78 is 1.17. The summed E-state index contributed by atoms with van der Waals surface area (Å²) >= 11 is 3.59. The average Bonchev–Trinajstić information content (AvgIpc) is 2.30. The van der Waals surface area contributed by atoms with Crippen LogP contribution in [0, 0.1) is 6.92 Å². The number of hydrogen-bond donors (Lipinski definition) is 1. The number of halogens is 1. The van der Waals surface area contributed by atoms with Gasteiger partial charge in [-0.1, -0.05) is 45.1 Å². The van der Waals surface area contributed by atoms with E-state index in [1.165, 1.54) is 54.2 Å². The van der Waals surface area contributed by atoms with E-state index in [9.17, 15) is 0 Å². The lowest BCUT2D eigenvalue weighted by Gasteiger charge is -2.09. The molecule has 0 radical (unpaired) electrons. The number of benzene rings is 1. The predicted octanol–water partition coefficient (Wildman–Crippen LogP) is 5.53. The van der Waals surface area contributed by atoms with Crippen molar-refractivity contribution in [3.05, 3.63) is 28.2 Å². The molecule has 0 fully saturated rings. The van der Waals surface area contributed by atoms with E-state index in [1.807, 2.05) is 0 Å². The van der Waals surface area contributed by atoms with E-state index in [0.29, 0.717) is 0 Å². The SMILES string of the molecule is CCCCCCCCNc1ccc(C)cc1Br. The molecule has 96 valence electrons. The highest BCUT2D eigenvalue weighted by Gasteiger charge is 1.98. The van der Waals surface area contributed by atoms with Crippen molar-refractivity contribution in [2.75, 3.05) is 11.9 Å². The topological polar surface area (TPSA) is 12.0 Å². The average molecular weight is 298 g/mol. The highest BCUT2D eigenvalue weighted by atomic mass is 79.9. The molecule has 1 N–H and O–H groups in total. The van der Waals surface area contributed by atoms with Crippen molar-refractivity contribution in [1.82, 2.24) is 0 Å². The molecule has 0 atom stereocenters. The molecule has 17 heavy (non-hydrogen) atoms. The summed E-state index contributed by atoms with van der Waals surface area (Å²) in [6.07, 6.45) is 8.10. The molecule has 0 aromatic heterocycles. The number of aryl methyl sites for hydroxylation is 1. The fraction of sp³-hybridized carbons (Fsp3) is 0.600. The Hall–Kier alpha value is -0.500. The van der Waals surface area contributed by atoms with Crippen LogP contribution in [0.1, 0.15) is 51.0 Å². The molecular weight excluding hydrogens is 274 g/mol. The van der Waals surface area contributed by atoms with E-state index in [1.54, 1.807) is 0 Å². The van der Waals surface area contributed by atoms with Crippen molar-refractivity contribution in [3.63, 3.8) is 0 Å². The Balaban J connectivity index is 2.14. The van der Waals surface area contributed by atoms with Gasteiger partial charge in [0.2, 0.25) is 0 Å². The Bertz CT molecular complexity index is 323. The maximum absolute atomic E-state index is 3.59. The van der Waals surface area contributed by atoms with Gasteiger partial charge in [0.25, 0.3) is 0 Å². The molecule has 0 aliphatic rings. The van der Waals surface area contributed by atoms with E-state index >= 15 is 0 Å². The normalized spacial score (nSPS) is 10.5. The number of anilines is 1. The molecule has 0 aliphatic heterocycles.